The molecule has 0 radical (unpaired) electrons. The van der Waals surface area contributed by atoms with Crippen LogP contribution in [0, 0.1) is 11.7 Å². The fraction of sp³-hybridized carbons (Fsp3) is 0.588. The van der Waals surface area contributed by atoms with Gasteiger partial charge in [0, 0.05) is 18.2 Å². The minimum absolute atomic E-state index is 0.243. The van der Waals surface area contributed by atoms with Crippen molar-refractivity contribution in [3.63, 3.8) is 0 Å². The summed E-state index contributed by atoms with van der Waals surface area (Å²) >= 11 is 4.98. The number of hydrogen-bond donors (Lipinski definition) is 1. The number of thiocarbonyl (C=S) groups is 1. The minimum atomic E-state index is -0.243. The second kappa shape index (κ2) is 6.41. The second-order valence-electron chi connectivity index (χ2n) is 6.44. The Morgan fingerprint density at radius 3 is 2.76 bits per heavy atom. The number of hydrogen-bond acceptors (Lipinski definition) is 2. The van der Waals surface area contributed by atoms with Gasteiger partial charge in [-0.3, -0.25) is 4.90 Å². The zero-order chi connectivity index (χ0) is 14.8. The van der Waals surface area contributed by atoms with E-state index in [0.29, 0.717) is 11.6 Å². The molecule has 0 bridgehead atoms. The fourth-order valence-corrected chi connectivity index (χ4v) is 4.16. The Labute approximate surface area is 131 Å². The smallest absolute Gasteiger partial charge is 0.124 e. The Morgan fingerprint density at radius 1 is 1.19 bits per heavy atom. The van der Waals surface area contributed by atoms with E-state index in [2.05, 4.69) is 4.90 Å². The maximum absolute atomic E-state index is 13.7. The van der Waals surface area contributed by atoms with Gasteiger partial charge in [0.15, 0.2) is 0 Å². The molecular weight excluding hydrogens is 283 g/mol. The van der Waals surface area contributed by atoms with E-state index in [1.807, 2.05) is 6.07 Å². The highest BCUT2D eigenvalue weighted by Gasteiger charge is 2.32. The predicted molar refractivity (Wildman–Crippen MR) is 87.7 cm³/mol. The van der Waals surface area contributed by atoms with Gasteiger partial charge in [-0.2, -0.15) is 0 Å². The molecule has 1 heterocycles. The van der Waals surface area contributed by atoms with Crippen molar-refractivity contribution >= 4 is 17.2 Å². The van der Waals surface area contributed by atoms with Crippen LogP contribution < -0.4 is 5.73 Å². The monoisotopic (exact) mass is 306 g/mol. The van der Waals surface area contributed by atoms with Crippen molar-refractivity contribution in [1.29, 1.82) is 0 Å². The highest BCUT2D eigenvalue weighted by Crippen LogP contribution is 2.36. The zero-order valence-corrected chi connectivity index (χ0v) is 13.2. The van der Waals surface area contributed by atoms with E-state index in [0.717, 1.165) is 24.6 Å². The SMILES string of the molecule is NC(=S)c1cc(F)cc(CN2CCCC3CCCCC32)c1. The normalized spacial score (nSPS) is 26.3. The van der Waals surface area contributed by atoms with Gasteiger partial charge in [0.1, 0.15) is 10.8 Å². The van der Waals surface area contributed by atoms with Crippen molar-refractivity contribution in [2.75, 3.05) is 6.54 Å². The summed E-state index contributed by atoms with van der Waals surface area (Å²) in [4.78, 5) is 2.82. The van der Waals surface area contributed by atoms with Crippen LogP contribution in [0.5, 0.6) is 0 Å². The highest BCUT2D eigenvalue weighted by molar-refractivity contribution is 7.80. The number of fused-ring (bicyclic) bond motifs is 1. The van der Waals surface area contributed by atoms with Crippen molar-refractivity contribution in [2.24, 2.45) is 11.7 Å². The Kier molecular flexibility index (Phi) is 4.55. The average molecular weight is 306 g/mol. The quantitative estimate of drug-likeness (QED) is 0.865. The number of likely N-dealkylation sites (tertiary alicyclic amines) is 1. The molecule has 1 aliphatic carbocycles. The van der Waals surface area contributed by atoms with Gasteiger partial charge < -0.3 is 5.73 Å². The maximum atomic E-state index is 13.7. The molecule has 0 spiro atoms. The topological polar surface area (TPSA) is 29.3 Å². The summed E-state index contributed by atoms with van der Waals surface area (Å²) in [6.07, 6.45) is 7.99. The van der Waals surface area contributed by atoms with Gasteiger partial charge in [-0.25, -0.2) is 4.39 Å². The van der Waals surface area contributed by atoms with Crippen LogP contribution in [0.3, 0.4) is 0 Å². The first kappa shape index (κ1) is 14.9. The number of nitrogens with zero attached hydrogens (tertiary/aromatic N) is 1. The van der Waals surface area contributed by atoms with Crippen molar-refractivity contribution in [3.8, 4) is 0 Å². The van der Waals surface area contributed by atoms with Crippen LogP contribution in [0.4, 0.5) is 4.39 Å². The molecule has 114 valence electrons. The summed E-state index contributed by atoms with van der Waals surface area (Å²) in [5.74, 6) is 0.601. The number of piperidine rings is 1. The summed E-state index contributed by atoms with van der Waals surface area (Å²) in [6.45, 7) is 1.94. The molecule has 1 saturated carbocycles. The van der Waals surface area contributed by atoms with Crippen LogP contribution in [0.15, 0.2) is 18.2 Å². The lowest BCUT2D eigenvalue weighted by molar-refractivity contribution is 0.0546. The average Bonchev–Trinajstić information content (AvgIpc) is 2.47. The van der Waals surface area contributed by atoms with Gasteiger partial charge in [-0.1, -0.05) is 25.1 Å². The number of benzene rings is 1. The Morgan fingerprint density at radius 2 is 1.95 bits per heavy atom. The van der Waals surface area contributed by atoms with Gasteiger partial charge >= 0.3 is 0 Å². The zero-order valence-electron chi connectivity index (χ0n) is 12.4. The van der Waals surface area contributed by atoms with Crippen LogP contribution >= 0.6 is 12.2 Å². The lowest BCUT2D eigenvalue weighted by Gasteiger charge is -2.44. The Hall–Kier alpha value is -1.00. The first-order valence-electron chi connectivity index (χ1n) is 7.97. The number of rotatable bonds is 3. The number of halogens is 1. The molecular formula is C17H23FN2S. The van der Waals surface area contributed by atoms with E-state index in [4.69, 9.17) is 18.0 Å². The Balaban J connectivity index is 1.77. The maximum Gasteiger partial charge on any atom is 0.124 e. The summed E-state index contributed by atoms with van der Waals surface area (Å²) in [5.41, 5.74) is 7.27. The molecule has 2 fully saturated rings. The molecule has 1 saturated heterocycles. The number of nitrogens with two attached hydrogens (primary N) is 1. The molecule has 2 atom stereocenters. The molecule has 4 heteroatoms. The third-order valence-electron chi connectivity index (χ3n) is 4.99. The lowest BCUT2D eigenvalue weighted by atomic mass is 9.78. The third kappa shape index (κ3) is 3.43. The molecule has 2 nitrogen and oxygen atoms in total. The summed E-state index contributed by atoms with van der Waals surface area (Å²) in [6, 6.07) is 5.67. The largest absolute Gasteiger partial charge is 0.389 e. The lowest BCUT2D eigenvalue weighted by Crippen LogP contribution is -2.46. The van der Waals surface area contributed by atoms with Crippen molar-refractivity contribution < 1.29 is 4.39 Å². The first-order valence-corrected chi connectivity index (χ1v) is 8.37. The van der Waals surface area contributed by atoms with E-state index in [1.165, 1.54) is 44.6 Å². The summed E-state index contributed by atoms with van der Waals surface area (Å²) in [5, 5.41) is 0. The second-order valence-corrected chi connectivity index (χ2v) is 6.88. The molecule has 3 rings (SSSR count). The molecule has 1 aromatic rings. The van der Waals surface area contributed by atoms with Gasteiger partial charge in [-0.15, -0.1) is 0 Å². The highest BCUT2D eigenvalue weighted by atomic mass is 32.1. The van der Waals surface area contributed by atoms with Crippen LogP contribution in [0.25, 0.3) is 0 Å². The van der Waals surface area contributed by atoms with Crippen LogP contribution in [-0.4, -0.2) is 22.5 Å². The standard InChI is InChI=1S/C17H23FN2S/c18-15-9-12(8-14(10-15)17(19)21)11-20-7-3-5-13-4-1-2-6-16(13)20/h8-10,13,16H,1-7,11H2,(H2,19,21). The van der Waals surface area contributed by atoms with Gasteiger partial charge in [-0.05, 0) is 61.9 Å². The van der Waals surface area contributed by atoms with E-state index in [-0.39, 0.29) is 10.8 Å². The Bertz CT molecular complexity index is 530. The van der Waals surface area contributed by atoms with E-state index in [1.54, 1.807) is 6.07 Å². The predicted octanol–water partition coefficient (Wildman–Crippen LogP) is 3.61. The molecule has 2 aliphatic rings. The van der Waals surface area contributed by atoms with E-state index < -0.39 is 0 Å². The molecule has 0 amide bonds. The molecule has 1 aliphatic heterocycles. The summed E-state index contributed by atoms with van der Waals surface area (Å²) < 4.78 is 13.7. The van der Waals surface area contributed by atoms with Gasteiger partial charge in [0.2, 0.25) is 0 Å². The third-order valence-corrected chi connectivity index (χ3v) is 5.22. The van der Waals surface area contributed by atoms with Crippen molar-refractivity contribution in [1.82, 2.24) is 4.90 Å². The van der Waals surface area contributed by atoms with Gasteiger partial charge in [0.25, 0.3) is 0 Å². The van der Waals surface area contributed by atoms with Crippen LogP contribution in [0.1, 0.15) is 49.7 Å². The first-order chi connectivity index (χ1) is 10.1. The van der Waals surface area contributed by atoms with Gasteiger partial charge in [0.05, 0.1) is 0 Å². The summed E-state index contributed by atoms with van der Waals surface area (Å²) in [7, 11) is 0. The fourth-order valence-electron chi connectivity index (χ4n) is 4.04. The molecule has 0 aromatic heterocycles. The van der Waals surface area contributed by atoms with Crippen molar-refractivity contribution in [2.45, 2.75) is 51.1 Å². The minimum Gasteiger partial charge on any atom is -0.389 e. The molecule has 2 N–H and O–H groups in total. The molecule has 21 heavy (non-hydrogen) atoms. The van der Waals surface area contributed by atoms with Crippen molar-refractivity contribution in [3.05, 3.63) is 35.1 Å². The molecule has 2 unspecified atom stereocenters. The van der Waals surface area contributed by atoms with E-state index >= 15 is 0 Å². The molecule has 1 aromatic carbocycles. The van der Waals surface area contributed by atoms with E-state index in [9.17, 15) is 4.39 Å². The van der Waals surface area contributed by atoms with Crippen LogP contribution in [0.2, 0.25) is 0 Å². The van der Waals surface area contributed by atoms with Crippen LogP contribution in [-0.2, 0) is 6.54 Å².